The number of carbonyl (C=O) groups is 2. The molecule has 3 N–H and O–H groups in total. The molecule has 2 aromatic rings. The van der Waals surface area contributed by atoms with Gasteiger partial charge in [-0.05, 0) is 49.1 Å². The molecule has 30 heavy (non-hydrogen) atoms. The number of hydrogen-bond acceptors (Lipinski definition) is 4. The number of nitrogens with one attached hydrogen (secondary N) is 1. The van der Waals surface area contributed by atoms with Gasteiger partial charge in [-0.15, -0.1) is 0 Å². The number of nitrogens with two attached hydrogens (primary N) is 1. The molecule has 0 unspecified atom stereocenters. The molecule has 0 aliphatic carbocycles. The molecule has 2 rings (SSSR count). The summed E-state index contributed by atoms with van der Waals surface area (Å²) in [6.45, 7) is 6.37. The Morgan fingerprint density at radius 1 is 1.13 bits per heavy atom. The molecule has 8 heteroatoms. The molecule has 2 aromatic carbocycles. The third-order valence-electron chi connectivity index (χ3n) is 4.84. The fourth-order valence-electron chi connectivity index (χ4n) is 3.29. The summed E-state index contributed by atoms with van der Waals surface area (Å²) in [7, 11) is -4.07. The van der Waals surface area contributed by atoms with Crippen LogP contribution in [0.15, 0.2) is 47.4 Å². The van der Waals surface area contributed by atoms with Crippen LogP contribution in [-0.2, 0) is 26.0 Å². The maximum atomic E-state index is 13.5. The van der Waals surface area contributed by atoms with Crippen molar-refractivity contribution < 1.29 is 18.0 Å². The highest BCUT2D eigenvalue weighted by Crippen LogP contribution is 2.30. The zero-order valence-electron chi connectivity index (χ0n) is 17.8. The van der Waals surface area contributed by atoms with Gasteiger partial charge in [0.1, 0.15) is 0 Å². The number of sulfonamides is 1. The number of aryl methyl sites for hydroxylation is 2. The van der Waals surface area contributed by atoms with Crippen molar-refractivity contribution in [3.63, 3.8) is 0 Å². The number of nitrogens with zero attached hydrogens (tertiary/aromatic N) is 1. The smallest absolute Gasteiger partial charge is 0.244 e. The summed E-state index contributed by atoms with van der Waals surface area (Å²) in [5, 5.41) is 2.59. The van der Waals surface area contributed by atoms with E-state index in [0.717, 1.165) is 28.3 Å². The van der Waals surface area contributed by atoms with E-state index in [1.165, 1.54) is 13.0 Å². The van der Waals surface area contributed by atoms with Crippen LogP contribution in [0.2, 0.25) is 0 Å². The lowest BCUT2D eigenvalue weighted by Crippen LogP contribution is -2.40. The van der Waals surface area contributed by atoms with E-state index in [-0.39, 0.29) is 10.8 Å². The van der Waals surface area contributed by atoms with E-state index >= 15 is 0 Å². The molecule has 0 saturated carbocycles. The third kappa shape index (κ3) is 5.67. The Hall–Kier alpha value is -2.71. The van der Waals surface area contributed by atoms with Gasteiger partial charge in [-0.1, -0.05) is 43.7 Å². The van der Waals surface area contributed by atoms with Crippen molar-refractivity contribution in [2.45, 2.75) is 51.5 Å². The van der Waals surface area contributed by atoms with Crippen LogP contribution in [0.3, 0.4) is 0 Å². The lowest BCUT2D eigenvalue weighted by molar-refractivity contribution is -0.118. The first kappa shape index (κ1) is 23.6. The largest absolute Gasteiger partial charge is 0.369 e. The van der Waals surface area contributed by atoms with Crippen molar-refractivity contribution in [3.8, 4) is 0 Å². The quantitative estimate of drug-likeness (QED) is 0.635. The summed E-state index contributed by atoms with van der Waals surface area (Å²) in [6.07, 6.45) is 1.95. The summed E-state index contributed by atoms with van der Waals surface area (Å²) in [4.78, 5) is 23.1. The minimum atomic E-state index is -4.07. The maximum Gasteiger partial charge on any atom is 0.244 e. The first-order chi connectivity index (χ1) is 14.1. The van der Waals surface area contributed by atoms with Crippen molar-refractivity contribution in [1.82, 2.24) is 4.31 Å². The molecule has 0 aliphatic heterocycles. The molecule has 0 aliphatic rings. The monoisotopic (exact) mass is 431 g/mol. The Morgan fingerprint density at radius 2 is 1.77 bits per heavy atom. The third-order valence-corrected chi connectivity index (χ3v) is 6.90. The highest BCUT2D eigenvalue weighted by molar-refractivity contribution is 7.89. The fraction of sp³-hybridized carbons (Fsp3) is 0.364. The van der Waals surface area contributed by atoms with Gasteiger partial charge in [0, 0.05) is 18.7 Å². The molecular formula is C22H29N3O4S. The first-order valence-electron chi connectivity index (χ1n) is 9.83. The molecule has 0 fully saturated rings. The minimum Gasteiger partial charge on any atom is -0.369 e. The normalized spacial score (nSPS) is 12.6. The van der Waals surface area contributed by atoms with E-state index in [2.05, 4.69) is 12.2 Å². The van der Waals surface area contributed by atoms with Gasteiger partial charge >= 0.3 is 0 Å². The SMILES string of the molecule is CCCc1ccc([C@H](C)N(CC(N)=O)S(=O)(=O)c2cc(NC(C)=O)ccc2C)cc1. The fourth-order valence-corrected chi connectivity index (χ4v) is 5.13. The summed E-state index contributed by atoms with van der Waals surface area (Å²) in [6, 6.07) is 11.7. The number of rotatable bonds is 9. The van der Waals surface area contributed by atoms with Gasteiger partial charge < -0.3 is 11.1 Å². The second-order valence-electron chi connectivity index (χ2n) is 7.35. The Labute approximate surface area is 178 Å². The summed E-state index contributed by atoms with van der Waals surface area (Å²) < 4.78 is 28.1. The van der Waals surface area contributed by atoms with E-state index in [1.54, 1.807) is 26.0 Å². The zero-order chi connectivity index (χ0) is 22.5. The zero-order valence-corrected chi connectivity index (χ0v) is 18.6. The maximum absolute atomic E-state index is 13.5. The van der Waals surface area contributed by atoms with Crippen LogP contribution in [0.25, 0.3) is 0 Å². The van der Waals surface area contributed by atoms with Crippen LogP contribution in [0.5, 0.6) is 0 Å². The predicted molar refractivity (Wildman–Crippen MR) is 117 cm³/mol. The molecule has 1 atom stereocenters. The first-order valence-corrected chi connectivity index (χ1v) is 11.3. The van der Waals surface area contributed by atoms with Gasteiger partial charge in [-0.3, -0.25) is 9.59 Å². The van der Waals surface area contributed by atoms with Crippen molar-refractivity contribution in [2.24, 2.45) is 5.73 Å². The number of carbonyl (C=O) groups excluding carboxylic acids is 2. The van der Waals surface area contributed by atoms with Crippen molar-refractivity contribution in [3.05, 3.63) is 59.2 Å². The van der Waals surface area contributed by atoms with E-state index in [4.69, 9.17) is 5.73 Å². The van der Waals surface area contributed by atoms with Gasteiger partial charge in [0.15, 0.2) is 0 Å². The average molecular weight is 432 g/mol. The number of hydrogen-bond donors (Lipinski definition) is 2. The van der Waals surface area contributed by atoms with Crippen molar-refractivity contribution >= 4 is 27.5 Å². The van der Waals surface area contributed by atoms with Crippen molar-refractivity contribution in [1.29, 1.82) is 0 Å². The van der Waals surface area contributed by atoms with E-state index in [0.29, 0.717) is 11.3 Å². The number of anilines is 1. The summed E-state index contributed by atoms with van der Waals surface area (Å²) in [5.41, 5.74) is 8.17. The van der Waals surface area contributed by atoms with E-state index < -0.39 is 28.5 Å². The van der Waals surface area contributed by atoms with Crippen LogP contribution in [0.1, 0.15) is 49.9 Å². The lowest BCUT2D eigenvalue weighted by Gasteiger charge is -2.28. The predicted octanol–water partition coefficient (Wildman–Crippen LogP) is 3.14. The van der Waals surface area contributed by atoms with E-state index in [9.17, 15) is 18.0 Å². The molecule has 2 amide bonds. The molecule has 0 spiro atoms. The Bertz CT molecular complexity index is 1020. The highest BCUT2D eigenvalue weighted by Gasteiger charge is 2.32. The number of primary amides is 1. The van der Waals surface area contributed by atoms with Crippen LogP contribution in [-0.4, -0.2) is 31.1 Å². The summed E-state index contributed by atoms with van der Waals surface area (Å²) in [5.74, 6) is -1.06. The molecule has 162 valence electrons. The highest BCUT2D eigenvalue weighted by atomic mass is 32.2. The molecule has 0 bridgehead atoms. The van der Waals surface area contributed by atoms with Crippen LogP contribution in [0.4, 0.5) is 5.69 Å². The lowest BCUT2D eigenvalue weighted by atomic mass is 10.0. The summed E-state index contributed by atoms with van der Waals surface area (Å²) >= 11 is 0. The minimum absolute atomic E-state index is 0.0180. The van der Waals surface area contributed by atoms with Gasteiger partial charge in [0.2, 0.25) is 21.8 Å². The van der Waals surface area contributed by atoms with Crippen LogP contribution >= 0.6 is 0 Å². The standard InChI is InChI=1S/C22H29N3O4S/c1-5-6-18-8-10-19(11-9-18)16(3)25(14-22(23)27)30(28,29)21-13-20(24-17(4)26)12-7-15(21)2/h7-13,16H,5-6,14H2,1-4H3,(H2,23,27)(H,24,26)/t16-/m0/s1. The molecular weight excluding hydrogens is 402 g/mol. The molecule has 0 aromatic heterocycles. The molecule has 0 radical (unpaired) electrons. The Kier molecular flexibility index (Phi) is 7.75. The Balaban J connectivity index is 2.49. The van der Waals surface area contributed by atoms with Crippen LogP contribution < -0.4 is 11.1 Å². The Morgan fingerprint density at radius 3 is 2.30 bits per heavy atom. The average Bonchev–Trinajstić information content (AvgIpc) is 2.67. The van der Waals surface area contributed by atoms with Gasteiger partial charge in [0.25, 0.3) is 0 Å². The number of benzene rings is 2. The van der Waals surface area contributed by atoms with Crippen LogP contribution in [0, 0.1) is 6.92 Å². The second-order valence-corrected chi connectivity index (χ2v) is 9.20. The number of amides is 2. The van der Waals surface area contributed by atoms with Gasteiger partial charge in [-0.25, -0.2) is 8.42 Å². The topological polar surface area (TPSA) is 110 Å². The van der Waals surface area contributed by atoms with Crippen molar-refractivity contribution in [2.75, 3.05) is 11.9 Å². The van der Waals surface area contributed by atoms with E-state index in [1.807, 2.05) is 24.3 Å². The molecule has 7 nitrogen and oxygen atoms in total. The molecule has 0 heterocycles. The van der Waals surface area contributed by atoms with Gasteiger partial charge in [-0.2, -0.15) is 4.31 Å². The second kappa shape index (κ2) is 9.86. The molecule has 0 saturated heterocycles. The van der Waals surface area contributed by atoms with Gasteiger partial charge in [0.05, 0.1) is 11.4 Å².